The number of nitrogens with two attached hydrogens (primary N) is 1. The first-order valence-corrected chi connectivity index (χ1v) is 6.24. The second-order valence-electron chi connectivity index (χ2n) is 3.80. The zero-order valence-electron chi connectivity index (χ0n) is 10.1. The van der Waals surface area contributed by atoms with Gasteiger partial charge in [0.1, 0.15) is 11.5 Å². The van der Waals surface area contributed by atoms with E-state index in [0.29, 0.717) is 11.5 Å². The Labute approximate surface area is 122 Å². The molecule has 102 valence electrons. The summed E-state index contributed by atoms with van der Waals surface area (Å²) in [6.07, 6.45) is 1.48. The number of aromatic nitrogens is 2. The minimum atomic E-state index is -1.31. The van der Waals surface area contributed by atoms with Gasteiger partial charge in [-0.05, 0) is 24.3 Å². The van der Waals surface area contributed by atoms with Crippen LogP contribution in [0.1, 0.15) is 5.56 Å². The van der Waals surface area contributed by atoms with Crippen LogP contribution >= 0.6 is 15.9 Å². The largest absolute Gasteiger partial charge is 0.477 e. The summed E-state index contributed by atoms with van der Waals surface area (Å²) >= 11 is 3.29. The summed E-state index contributed by atoms with van der Waals surface area (Å²) in [6.45, 7) is 0. The highest BCUT2D eigenvalue weighted by Gasteiger charge is 2.15. The highest BCUT2D eigenvalue weighted by atomic mass is 79.9. The summed E-state index contributed by atoms with van der Waals surface area (Å²) in [5, 5.41) is 19.4. The Morgan fingerprint density at radius 3 is 2.80 bits per heavy atom. The van der Waals surface area contributed by atoms with Crippen LogP contribution in [0.15, 0.2) is 34.9 Å². The van der Waals surface area contributed by atoms with Gasteiger partial charge in [-0.25, -0.2) is 9.78 Å². The lowest BCUT2D eigenvalue weighted by Gasteiger charge is -2.11. The van der Waals surface area contributed by atoms with Gasteiger partial charge in [-0.15, -0.1) is 0 Å². The maximum Gasteiger partial charge on any atom is 0.354 e. The predicted molar refractivity (Wildman–Crippen MR) is 78.3 cm³/mol. The first-order chi connectivity index (χ1) is 9.47. The number of carboxylic acids is 1. The topological polar surface area (TPSA) is 125 Å². The number of carbonyl (C=O) groups is 1. The third-order valence-electron chi connectivity index (χ3n) is 2.40. The number of anilines is 3. The summed E-state index contributed by atoms with van der Waals surface area (Å²) in [5.74, 6) is -0.799. The molecule has 2 rings (SSSR count). The number of hydrogen-bond donors (Lipinski definition) is 4. The molecule has 1 aromatic carbocycles. The fraction of sp³-hybridized carbons (Fsp3) is 0. The molecule has 1 aromatic heterocycles. The molecule has 0 amide bonds. The molecule has 2 aromatic rings. The van der Waals surface area contributed by atoms with E-state index in [-0.39, 0.29) is 11.5 Å². The summed E-state index contributed by atoms with van der Waals surface area (Å²) in [6, 6.07) is 6.44. The predicted octanol–water partition coefficient (Wildman–Crippen LogP) is 2.02. The van der Waals surface area contributed by atoms with E-state index in [1.165, 1.54) is 12.3 Å². The first-order valence-electron chi connectivity index (χ1n) is 5.44. The van der Waals surface area contributed by atoms with Crippen molar-refractivity contribution in [1.29, 1.82) is 5.41 Å². The maximum atomic E-state index is 10.9. The van der Waals surface area contributed by atoms with Gasteiger partial charge in [0.15, 0.2) is 0 Å². The van der Waals surface area contributed by atoms with E-state index in [4.69, 9.17) is 16.2 Å². The van der Waals surface area contributed by atoms with Crippen molar-refractivity contribution in [2.24, 2.45) is 0 Å². The van der Waals surface area contributed by atoms with Gasteiger partial charge in [0.05, 0.1) is 5.69 Å². The third-order valence-corrected chi connectivity index (χ3v) is 2.90. The van der Waals surface area contributed by atoms with Crippen molar-refractivity contribution in [3.05, 3.63) is 40.5 Å². The van der Waals surface area contributed by atoms with Crippen LogP contribution < -0.4 is 11.1 Å². The summed E-state index contributed by atoms with van der Waals surface area (Å²) in [4.78, 5) is 18.7. The van der Waals surface area contributed by atoms with Crippen molar-refractivity contribution < 1.29 is 9.90 Å². The molecule has 1 heterocycles. The lowest BCUT2D eigenvalue weighted by Crippen LogP contribution is -2.14. The molecule has 0 bridgehead atoms. The molecule has 20 heavy (non-hydrogen) atoms. The van der Waals surface area contributed by atoms with Gasteiger partial charge in [0.25, 0.3) is 0 Å². The molecule has 0 atom stereocenters. The van der Waals surface area contributed by atoms with Gasteiger partial charge < -0.3 is 16.2 Å². The quantitative estimate of drug-likeness (QED) is 0.633. The maximum absolute atomic E-state index is 10.9. The highest BCUT2D eigenvalue weighted by molar-refractivity contribution is 9.10. The minimum absolute atomic E-state index is 0.0971. The fourth-order valence-corrected chi connectivity index (χ4v) is 1.90. The number of rotatable bonds is 4. The normalized spacial score (nSPS) is 10.1. The highest BCUT2D eigenvalue weighted by Crippen LogP contribution is 2.25. The first kappa shape index (κ1) is 13.9. The molecular weight excluding hydrogens is 326 g/mol. The Hall–Kier alpha value is -2.48. The van der Waals surface area contributed by atoms with Gasteiger partial charge >= 0.3 is 5.97 Å². The van der Waals surface area contributed by atoms with Crippen LogP contribution in [-0.2, 0) is 4.79 Å². The molecular formula is C12H10BrN5O2. The number of benzene rings is 1. The van der Waals surface area contributed by atoms with Crippen molar-refractivity contribution in [2.45, 2.75) is 0 Å². The van der Waals surface area contributed by atoms with Gasteiger partial charge in [0.2, 0.25) is 5.95 Å². The number of aliphatic carboxylic acids is 1. The number of nitrogens with one attached hydrogen (secondary N) is 2. The van der Waals surface area contributed by atoms with Crippen LogP contribution in [0.25, 0.3) is 0 Å². The van der Waals surface area contributed by atoms with Crippen molar-refractivity contribution in [3.63, 3.8) is 0 Å². The lowest BCUT2D eigenvalue weighted by molar-refractivity contribution is -0.129. The van der Waals surface area contributed by atoms with E-state index in [0.717, 1.165) is 4.47 Å². The number of nitrogens with zero attached hydrogens (tertiary/aromatic N) is 2. The van der Waals surface area contributed by atoms with Crippen LogP contribution in [0.3, 0.4) is 0 Å². The van der Waals surface area contributed by atoms with Gasteiger partial charge in [-0.2, -0.15) is 4.98 Å². The number of hydrogen-bond acceptors (Lipinski definition) is 6. The SMILES string of the molecule is N=C(C(=O)O)c1ccc(Br)cc1Nc1ccnc(N)n1. The number of carboxylic acid groups (broad SMARTS) is 1. The minimum Gasteiger partial charge on any atom is -0.477 e. The zero-order valence-corrected chi connectivity index (χ0v) is 11.7. The molecule has 8 heteroatoms. The van der Waals surface area contributed by atoms with Crippen molar-refractivity contribution >= 4 is 45.1 Å². The van der Waals surface area contributed by atoms with E-state index in [9.17, 15) is 4.79 Å². The summed E-state index contributed by atoms with van der Waals surface area (Å²) in [5.41, 5.74) is 5.65. The Morgan fingerprint density at radius 2 is 2.15 bits per heavy atom. The summed E-state index contributed by atoms with van der Waals surface area (Å²) < 4.78 is 0.740. The molecule has 7 nitrogen and oxygen atoms in total. The molecule has 0 unspecified atom stereocenters. The van der Waals surface area contributed by atoms with Crippen molar-refractivity contribution in [1.82, 2.24) is 9.97 Å². The molecule has 0 aliphatic rings. The van der Waals surface area contributed by atoms with E-state index in [2.05, 4.69) is 31.2 Å². The van der Waals surface area contributed by atoms with Gasteiger partial charge in [-0.1, -0.05) is 15.9 Å². The molecule has 0 aliphatic heterocycles. The molecule has 0 saturated heterocycles. The molecule has 0 spiro atoms. The summed E-state index contributed by atoms with van der Waals surface area (Å²) in [7, 11) is 0. The average molecular weight is 336 g/mol. The monoisotopic (exact) mass is 335 g/mol. The third kappa shape index (κ3) is 3.09. The molecule has 0 aliphatic carbocycles. The second kappa shape index (κ2) is 5.66. The standard InChI is InChI=1S/C12H10BrN5O2/c13-6-1-2-7(10(14)11(19)20)8(5-6)17-9-3-4-16-12(15)18-9/h1-5,14H,(H,19,20)(H3,15,16,17,18). The Balaban J connectivity index is 2.42. The van der Waals surface area contributed by atoms with Crippen LogP contribution in [0.4, 0.5) is 17.5 Å². The van der Waals surface area contributed by atoms with Gasteiger partial charge in [-0.3, -0.25) is 5.41 Å². The molecule has 0 saturated carbocycles. The molecule has 0 radical (unpaired) electrons. The van der Waals surface area contributed by atoms with E-state index < -0.39 is 11.7 Å². The van der Waals surface area contributed by atoms with E-state index in [1.54, 1.807) is 18.2 Å². The van der Waals surface area contributed by atoms with Crippen LogP contribution in [0.5, 0.6) is 0 Å². The van der Waals surface area contributed by atoms with Crippen LogP contribution in [-0.4, -0.2) is 26.8 Å². The average Bonchev–Trinajstić information content (AvgIpc) is 2.38. The van der Waals surface area contributed by atoms with Crippen molar-refractivity contribution in [2.75, 3.05) is 11.1 Å². The van der Waals surface area contributed by atoms with Crippen molar-refractivity contribution in [3.8, 4) is 0 Å². The second-order valence-corrected chi connectivity index (χ2v) is 4.71. The Bertz CT molecular complexity index is 689. The molecule has 5 N–H and O–H groups in total. The Morgan fingerprint density at radius 1 is 1.40 bits per heavy atom. The molecule has 0 fully saturated rings. The number of halogens is 1. The lowest BCUT2D eigenvalue weighted by atomic mass is 10.1. The van der Waals surface area contributed by atoms with Crippen LogP contribution in [0, 0.1) is 5.41 Å². The smallest absolute Gasteiger partial charge is 0.354 e. The number of nitrogen functional groups attached to an aromatic ring is 1. The Kier molecular flexibility index (Phi) is 3.94. The van der Waals surface area contributed by atoms with Gasteiger partial charge in [0, 0.05) is 16.2 Å². The van der Waals surface area contributed by atoms with Crippen LogP contribution in [0.2, 0.25) is 0 Å². The van der Waals surface area contributed by atoms with E-state index in [1.807, 2.05) is 0 Å². The zero-order chi connectivity index (χ0) is 14.7. The fourth-order valence-electron chi connectivity index (χ4n) is 1.53. The van der Waals surface area contributed by atoms with E-state index >= 15 is 0 Å².